The van der Waals surface area contributed by atoms with E-state index in [2.05, 4.69) is 22.9 Å². The molecule has 2 rings (SSSR count). The Morgan fingerprint density at radius 1 is 1.37 bits per heavy atom. The van der Waals surface area contributed by atoms with E-state index in [9.17, 15) is 13.6 Å². The van der Waals surface area contributed by atoms with Crippen LogP contribution in [0.4, 0.5) is 8.78 Å². The highest BCUT2D eigenvalue weighted by Crippen LogP contribution is 2.34. The fourth-order valence-corrected chi connectivity index (χ4v) is 3.16. The number of ketones is 1. The first-order chi connectivity index (χ1) is 9.02. The molecule has 0 saturated heterocycles. The summed E-state index contributed by atoms with van der Waals surface area (Å²) in [6.45, 7) is 2.12. The predicted octanol–water partition coefficient (Wildman–Crippen LogP) is 4.67. The summed E-state index contributed by atoms with van der Waals surface area (Å²) in [5.41, 5.74) is -0.112. The van der Waals surface area contributed by atoms with E-state index in [0.717, 1.165) is 25.7 Å². The summed E-state index contributed by atoms with van der Waals surface area (Å²) >= 11 is 3.02. The Kier molecular flexibility index (Phi) is 4.71. The lowest BCUT2D eigenvalue weighted by Gasteiger charge is -2.11. The van der Waals surface area contributed by atoms with E-state index in [4.69, 9.17) is 0 Å². The molecule has 1 aliphatic rings. The van der Waals surface area contributed by atoms with Crippen molar-refractivity contribution >= 4 is 21.7 Å². The van der Waals surface area contributed by atoms with E-state index in [1.54, 1.807) is 0 Å². The number of rotatable bonds is 4. The van der Waals surface area contributed by atoms with E-state index in [-0.39, 0.29) is 28.2 Å². The van der Waals surface area contributed by atoms with Crippen LogP contribution in [0.25, 0.3) is 0 Å². The molecule has 104 valence electrons. The molecule has 1 aromatic rings. The van der Waals surface area contributed by atoms with Crippen LogP contribution in [0.5, 0.6) is 0 Å². The molecule has 0 heterocycles. The number of halogens is 3. The molecule has 1 aromatic carbocycles. The Labute approximate surface area is 120 Å². The largest absolute Gasteiger partial charge is 0.299 e. The van der Waals surface area contributed by atoms with E-state index in [1.807, 2.05) is 0 Å². The van der Waals surface area contributed by atoms with E-state index in [0.29, 0.717) is 5.92 Å². The van der Waals surface area contributed by atoms with Crippen molar-refractivity contribution in [2.24, 2.45) is 11.8 Å². The lowest BCUT2D eigenvalue weighted by atomic mass is 9.94. The SMILES string of the molecule is CCC1CCC(C(=O)Cc2c(F)ccc(Br)c2F)C1. The van der Waals surface area contributed by atoms with Crippen LogP contribution in [0.1, 0.15) is 38.2 Å². The molecule has 1 nitrogen and oxygen atoms in total. The van der Waals surface area contributed by atoms with Crippen molar-refractivity contribution in [1.29, 1.82) is 0 Å². The Hall–Kier alpha value is -0.770. The van der Waals surface area contributed by atoms with Gasteiger partial charge in [0.25, 0.3) is 0 Å². The van der Waals surface area contributed by atoms with E-state index >= 15 is 0 Å². The number of hydrogen-bond donors (Lipinski definition) is 0. The third-order valence-corrected chi connectivity index (χ3v) is 4.68. The predicted molar refractivity (Wildman–Crippen MR) is 73.9 cm³/mol. The Morgan fingerprint density at radius 3 is 2.74 bits per heavy atom. The van der Waals surface area contributed by atoms with Gasteiger partial charge in [-0.2, -0.15) is 0 Å². The second kappa shape index (κ2) is 6.12. The van der Waals surface area contributed by atoms with Crippen molar-refractivity contribution in [3.05, 3.63) is 33.8 Å². The zero-order chi connectivity index (χ0) is 14.0. The van der Waals surface area contributed by atoms with Gasteiger partial charge in [-0.3, -0.25) is 4.79 Å². The van der Waals surface area contributed by atoms with Crippen LogP contribution in [-0.4, -0.2) is 5.78 Å². The zero-order valence-corrected chi connectivity index (χ0v) is 12.5. The van der Waals surface area contributed by atoms with Crippen molar-refractivity contribution in [3.8, 4) is 0 Å². The first-order valence-corrected chi connectivity index (χ1v) is 7.47. The van der Waals surface area contributed by atoms with Crippen molar-refractivity contribution in [2.45, 2.75) is 39.0 Å². The highest BCUT2D eigenvalue weighted by atomic mass is 79.9. The smallest absolute Gasteiger partial charge is 0.143 e. The maximum Gasteiger partial charge on any atom is 0.143 e. The fourth-order valence-electron chi connectivity index (χ4n) is 2.79. The second-order valence-electron chi connectivity index (χ2n) is 5.25. The Morgan fingerprint density at radius 2 is 2.11 bits per heavy atom. The molecule has 0 amide bonds. The maximum absolute atomic E-state index is 13.8. The van der Waals surface area contributed by atoms with Crippen LogP contribution in [-0.2, 0) is 11.2 Å². The summed E-state index contributed by atoms with van der Waals surface area (Å²) in [6.07, 6.45) is 3.71. The van der Waals surface area contributed by atoms with Crippen LogP contribution in [0.2, 0.25) is 0 Å². The summed E-state index contributed by atoms with van der Waals surface area (Å²) in [5, 5.41) is 0. The monoisotopic (exact) mass is 330 g/mol. The molecule has 1 aliphatic carbocycles. The summed E-state index contributed by atoms with van der Waals surface area (Å²) in [4.78, 5) is 12.1. The number of carbonyl (C=O) groups excluding carboxylic acids is 1. The minimum absolute atomic E-state index is 0.0252. The molecular formula is C15H17BrF2O. The first-order valence-electron chi connectivity index (χ1n) is 6.68. The minimum atomic E-state index is -0.654. The molecule has 19 heavy (non-hydrogen) atoms. The zero-order valence-electron chi connectivity index (χ0n) is 10.9. The number of Topliss-reactive ketones (excluding diaryl/α,β-unsaturated/α-hetero) is 1. The second-order valence-corrected chi connectivity index (χ2v) is 6.10. The Bertz CT molecular complexity index is 487. The summed E-state index contributed by atoms with van der Waals surface area (Å²) < 4.78 is 27.6. The van der Waals surface area contributed by atoms with Gasteiger partial charge >= 0.3 is 0 Å². The molecule has 2 unspecified atom stereocenters. The number of carbonyl (C=O) groups is 1. The highest BCUT2D eigenvalue weighted by molar-refractivity contribution is 9.10. The van der Waals surface area contributed by atoms with Gasteiger partial charge in [0.15, 0.2) is 0 Å². The van der Waals surface area contributed by atoms with Crippen molar-refractivity contribution < 1.29 is 13.6 Å². The standard InChI is InChI=1S/C15H17BrF2O/c1-2-9-3-4-10(7-9)14(19)8-11-13(17)6-5-12(16)15(11)18/h5-6,9-10H,2-4,7-8H2,1H3. The fraction of sp³-hybridized carbons (Fsp3) is 0.533. The molecule has 1 fully saturated rings. The van der Waals surface area contributed by atoms with Crippen LogP contribution < -0.4 is 0 Å². The normalized spacial score (nSPS) is 22.7. The molecule has 4 heteroatoms. The molecule has 0 aliphatic heterocycles. The van der Waals surface area contributed by atoms with Crippen molar-refractivity contribution in [3.63, 3.8) is 0 Å². The van der Waals surface area contributed by atoms with Gasteiger partial charge < -0.3 is 0 Å². The van der Waals surface area contributed by atoms with E-state index in [1.165, 1.54) is 12.1 Å². The maximum atomic E-state index is 13.8. The summed E-state index contributed by atoms with van der Waals surface area (Å²) in [7, 11) is 0. The topological polar surface area (TPSA) is 17.1 Å². The van der Waals surface area contributed by atoms with Gasteiger partial charge in [0.1, 0.15) is 17.4 Å². The van der Waals surface area contributed by atoms with Gasteiger partial charge in [-0.25, -0.2) is 8.78 Å². The van der Waals surface area contributed by atoms with Gasteiger partial charge in [-0.05, 0) is 53.2 Å². The molecular weight excluding hydrogens is 314 g/mol. The third-order valence-electron chi connectivity index (χ3n) is 4.06. The average molecular weight is 331 g/mol. The molecule has 1 saturated carbocycles. The lowest BCUT2D eigenvalue weighted by molar-refractivity contribution is -0.122. The van der Waals surface area contributed by atoms with Crippen molar-refractivity contribution in [1.82, 2.24) is 0 Å². The summed E-state index contributed by atoms with van der Waals surface area (Å²) in [5.74, 6) is -0.766. The number of benzene rings is 1. The molecule has 0 spiro atoms. The Balaban J connectivity index is 2.10. The van der Waals surface area contributed by atoms with Gasteiger partial charge in [0, 0.05) is 17.9 Å². The molecule has 0 aromatic heterocycles. The van der Waals surface area contributed by atoms with Gasteiger partial charge in [0.2, 0.25) is 0 Å². The van der Waals surface area contributed by atoms with Crippen LogP contribution in [0.15, 0.2) is 16.6 Å². The average Bonchev–Trinajstić information content (AvgIpc) is 2.88. The van der Waals surface area contributed by atoms with Gasteiger partial charge in [-0.15, -0.1) is 0 Å². The van der Waals surface area contributed by atoms with Gasteiger partial charge in [0.05, 0.1) is 4.47 Å². The highest BCUT2D eigenvalue weighted by Gasteiger charge is 2.29. The number of hydrogen-bond acceptors (Lipinski definition) is 1. The van der Waals surface area contributed by atoms with Gasteiger partial charge in [-0.1, -0.05) is 13.3 Å². The minimum Gasteiger partial charge on any atom is -0.299 e. The third kappa shape index (κ3) is 3.22. The van der Waals surface area contributed by atoms with E-state index < -0.39 is 11.6 Å². The van der Waals surface area contributed by atoms with Crippen LogP contribution in [0.3, 0.4) is 0 Å². The molecule has 2 atom stereocenters. The van der Waals surface area contributed by atoms with Crippen LogP contribution in [0, 0.1) is 23.5 Å². The quantitative estimate of drug-likeness (QED) is 0.733. The molecule has 0 N–H and O–H groups in total. The van der Waals surface area contributed by atoms with Crippen LogP contribution >= 0.6 is 15.9 Å². The first kappa shape index (κ1) is 14.6. The molecule has 0 bridgehead atoms. The van der Waals surface area contributed by atoms with Crippen molar-refractivity contribution in [2.75, 3.05) is 0 Å². The molecule has 0 radical (unpaired) electrons. The summed E-state index contributed by atoms with van der Waals surface area (Å²) in [6, 6.07) is 2.51. The lowest BCUT2D eigenvalue weighted by Crippen LogP contribution is -2.16.